The molecule has 1 amide bonds. The topological polar surface area (TPSA) is 51.7 Å². The Hall–Kier alpha value is -3.38. The number of hydrogen-bond donors (Lipinski definition) is 1. The molecule has 2 saturated heterocycles. The first-order valence-electron chi connectivity index (χ1n) is 11.9. The van der Waals surface area contributed by atoms with E-state index in [2.05, 4.69) is 67.5 Å². The first-order valence-corrected chi connectivity index (χ1v) is 11.9. The van der Waals surface area contributed by atoms with Gasteiger partial charge in [-0.25, -0.2) is 4.98 Å². The van der Waals surface area contributed by atoms with Crippen LogP contribution in [0.2, 0.25) is 0 Å². The van der Waals surface area contributed by atoms with Gasteiger partial charge in [-0.3, -0.25) is 9.69 Å². The van der Waals surface area contributed by atoms with Crippen molar-refractivity contribution in [3.05, 3.63) is 84.1 Å². The molecule has 0 spiro atoms. The molecule has 0 bridgehead atoms. The van der Waals surface area contributed by atoms with Gasteiger partial charge in [-0.2, -0.15) is 0 Å². The maximum atomic E-state index is 13.0. The van der Waals surface area contributed by atoms with Crippen molar-refractivity contribution in [2.45, 2.75) is 19.4 Å². The summed E-state index contributed by atoms with van der Waals surface area (Å²) in [5, 5.41) is 3.05. The van der Waals surface area contributed by atoms with Crippen molar-refractivity contribution in [3.63, 3.8) is 0 Å². The lowest BCUT2D eigenvalue weighted by atomic mass is 10.2. The van der Waals surface area contributed by atoms with E-state index in [0.29, 0.717) is 5.56 Å². The van der Waals surface area contributed by atoms with Gasteiger partial charge in [-0.15, -0.1) is 0 Å². The first-order chi connectivity index (χ1) is 16.3. The van der Waals surface area contributed by atoms with Crippen molar-refractivity contribution in [3.8, 4) is 0 Å². The molecule has 0 unspecified atom stereocenters. The fourth-order valence-electron chi connectivity index (χ4n) is 4.71. The normalized spacial score (nSPS) is 16.7. The van der Waals surface area contributed by atoms with Crippen LogP contribution in [0, 0.1) is 0 Å². The van der Waals surface area contributed by atoms with Gasteiger partial charge in [0.2, 0.25) is 0 Å². The van der Waals surface area contributed by atoms with E-state index in [1.54, 1.807) is 6.20 Å². The van der Waals surface area contributed by atoms with E-state index in [1.807, 2.05) is 24.3 Å². The lowest BCUT2D eigenvalue weighted by molar-refractivity contribution is 0.102. The van der Waals surface area contributed by atoms with Crippen LogP contribution in [0.3, 0.4) is 0 Å². The SMILES string of the molecule is O=C(Nc1ccc(N2CCN(Cc3ccccc3)CC2)cc1)c1cccnc1N1CCCC1. The van der Waals surface area contributed by atoms with Crippen LogP contribution in [-0.4, -0.2) is 55.1 Å². The van der Waals surface area contributed by atoms with E-state index in [0.717, 1.165) is 70.2 Å². The maximum Gasteiger partial charge on any atom is 0.259 e. The van der Waals surface area contributed by atoms with Crippen LogP contribution >= 0.6 is 0 Å². The number of anilines is 3. The molecule has 0 atom stereocenters. The zero-order valence-corrected chi connectivity index (χ0v) is 19.0. The Kier molecular flexibility index (Phi) is 6.53. The molecule has 6 heteroatoms. The molecule has 2 aromatic carbocycles. The minimum atomic E-state index is -0.104. The summed E-state index contributed by atoms with van der Waals surface area (Å²) in [5.41, 5.74) is 4.01. The highest BCUT2D eigenvalue weighted by molar-refractivity contribution is 6.07. The second kappa shape index (κ2) is 10.0. The van der Waals surface area contributed by atoms with Crippen molar-refractivity contribution in [2.75, 3.05) is 54.4 Å². The van der Waals surface area contributed by atoms with E-state index in [4.69, 9.17) is 0 Å². The zero-order valence-electron chi connectivity index (χ0n) is 19.0. The lowest BCUT2D eigenvalue weighted by Gasteiger charge is -2.36. The molecule has 1 N–H and O–H groups in total. The third-order valence-electron chi connectivity index (χ3n) is 6.55. The summed E-state index contributed by atoms with van der Waals surface area (Å²) in [6, 6.07) is 22.6. The van der Waals surface area contributed by atoms with E-state index in [1.165, 1.54) is 11.3 Å². The van der Waals surface area contributed by atoms with Crippen molar-refractivity contribution in [1.29, 1.82) is 0 Å². The van der Waals surface area contributed by atoms with E-state index in [-0.39, 0.29) is 5.91 Å². The number of hydrogen-bond acceptors (Lipinski definition) is 5. The number of benzene rings is 2. The van der Waals surface area contributed by atoms with Crippen LogP contribution in [0.4, 0.5) is 17.2 Å². The van der Waals surface area contributed by atoms with Crippen LogP contribution < -0.4 is 15.1 Å². The van der Waals surface area contributed by atoms with Gasteiger partial charge in [0, 0.05) is 63.4 Å². The Morgan fingerprint density at radius 3 is 2.24 bits per heavy atom. The van der Waals surface area contributed by atoms with Gasteiger partial charge in [0.15, 0.2) is 0 Å². The van der Waals surface area contributed by atoms with Crippen molar-refractivity contribution in [2.24, 2.45) is 0 Å². The smallest absolute Gasteiger partial charge is 0.259 e. The standard InChI is InChI=1S/C27H31N5O/c33-27(25-9-6-14-28-26(25)32-15-4-5-16-32)29-23-10-12-24(13-11-23)31-19-17-30(18-20-31)21-22-7-2-1-3-8-22/h1-3,6-14H,4-5,15-21H2,(H,29,33). The first kappa shape index (κ1) is 21.5. The molecule has 1 aromatic heterocycles. The lowest BCUT2D eigenvalue weighted by Crippen LogP contribution is -2.45. The summed E-state index contributed by atoms with van der Waals surface area (Å²) in [5.74, 6) is 0.685. The fraction of sp³-hybridized carbons (Fsp3) is 0.333. The van der Waals surface area contributed by atoms with Crippen molar-refractivity contribution in [1.82, 2.24) is 9.88 Å². The molecule has 3 aromatic rings. The number of piperazine rings is 1. The molecule has 6 nitrogen and oxygen atoms in total. The number of amides is 1. The maximum absolute atomic E-state index is 13.0. The summed E-state index contributed by atoms with van der Waals surface area (Å²) >= 11 is 0. The quantitative estimate of drug-likeness (QED) is 0.620. The summed E-state index contributed by atoms with van der Waals surface area (Å²) < 4.78 is 0. The highest BCUT2D eigenvalue weighted by Crippen LogP contribution is 2.24. The molecule has 0 aliphatic carbocycles. The molecular formula is C27H31N5O. The second-order valence-electron chi connectivity index (χ2n) is 8.82. The second-order valence-corrected chi connectivity index (χ2v) is 8.82. The molecule has 2 aliphatic rings. The Morgan fingerprint density at radius 2 is 1.52 bits per heavy atom. The summed E-state index contributed by atoms with van der Waals surface area (Å²) in [4.78, 5) is 24.6. The Morgan fingerprint density at radius 1 is 0.788 bits per heavy atom. The van der Waals surface area contributed by atoms with Crippen molar-refractivity contribution < 1.29 is 4.79 Å². The van der Waals surface area contributed by atoms with Gasteiger partial charge < -0.3 is 15.1 Å². The van der Waals surface area contributed by atoms with Gasteiger partial charge in [0.1, 0.15) is 5.82 Å². The average Bonchev–Trinajstić information content (AvgIpc) is 3.41. The highest BCUT2D eigenvalue weighted by Gasteiger charge is 2.21. The number of carbonyl (C=O) groups is 1. The number of nitrogens with zero attached hydrogens (tertiary/aromatic N) is 4. The predicted molar refractivity (Wildman–Crippen MR) is 134 cm³/mol. The molecule has 3 heterocycles. The predicted octanol–water partition coefficient (Wildman–Crippen LogP) is 4.26. The molecule has 0 saturated carbocycles. The highest BCUT2D eigenvalue weighted by atomic mass is 16.1. The molecule has 2 fully saturated rings. The molecule has 170 valence electrons. The Labute approximate surface area is 195 Å². The van der Waals surface area contributed by atoms with Gasteiger partial charge in [-0.1, -0.05) is 30.3 Å². The number of nitrogens with one attached hydrogen (secondary N) is 1. The summed E-state index contributed by atoms with van der Waals surface area (Å²) in [7, 11) is 0. The summed E-state index contributed by atoms with van der Waals surface area (Å²) in [6.07, 6.45) is 4.07. The van der Waals surface area contributed by atoms with Gasteiger partial charge in [0.25, 0.3) is 5.91 Å². The third kappa shape index (κ3) is 5.17. The number of aromatic nitrogens is 1. The molecule has 33 heavy (non-hydrogen) atoms. The van der Waals surface area contributed by atoms with Crippen LogP contribution in [-0.2, 0) is 6.54 Å². The van der Waals surface area contributed by atoms with Gasteiger partial charge in [-0.05, 0) is 54.8 Å². The van der Waals surface area contributed by atoms with E-state index >= 15 is 0 Å². The van der Waals surface area contributed by atoms with E-state index < -0.39 is 0 Å². The van der Waals surface area contributed by atoms with Gasteiger partial charge >= 0.3 is 0 Å². The Balaban J connectivity index is 1.17. The minimum absolute atomic E-state index is 0.104. The number of pyridine rings is 1. The third-order valence-corrected chi connectivity index (χ3v) is 6.55. The number of carbonyl (C=O) groups excluding carboxylic acids is 1. The van der Waals surface area contributed by atoms with Crippen LogP contribution in [0.25, 0.3) is 0 Å². The largest absolute Gasteiger partial charge is 0.369 e. The van der Waals surface area contributed by atoms with Crippen molar-refractivity contribution >= 4 is 23.1 Å². The van der Waals surface area contributed by atoms with Gasteiger partial charge in [0.05, 0.1) is 5.56 Å². The molecule has 0 radical (unpaired) electrons. The Bertz CT molecular complexity index is 1060. The zero-order chi connectivity index (χ0) is 22.5. The van der Waals surface area contributed by atoms with Crippen LogP contribution in [0.5, 0.6) is 0 Å². The van der Waals surface area contributed by atoms with E-state index in [9.17, 15) is 4.79 Å². The molecule has 5 rings (SSSR count). The molecule has 2 aliphatic heterocycles. The average molecular weight is 442 g/mol. The summed E-state index contributed by atoms with van der Waals surface area (Å²) in [6.45, 7) is 7.05. The molecular weight excluding hydrogens is 410 g/mol. The van der Waals surface area contributed by atoms with Crippen LogP contribution in [0.15, 0.2) is 72.9 Å². The monoisotopic (exact) mass is 441 g/mol. The minimum Gasteiger partial charge on any atom is -0.369 e. The fourth-order valence-corrected chi connectivity index (χ4v) is 4.71. The number of rotatable bonds is 6. The van der Waals surface area contributed by atoms with Crippen LogP contribution in [0.1, 0.15) is 28.8 Å².